The van der Waals surface area contributed by atoms with Gasteiger partial charge in [-0.2, -0.15) is 0 Å². The van der Waals surface area contributed by atoms with Gasteiger partial charge in [-0.3, -0.25) is 4.79 Å². The third kappa shape index (κ3) is 3.66. The maximum atomic E-state index is 11.2. The summed E-state index contributed by atoms with van der Waals surface area (Å²) >= 11 is 0. The summed E-state index contributed by atoms with van der Waals surface area (Å²) in [6.45, 7) is 0.322. The molecule has 110 valence electrons. The molecule has 0 bridgehead atoms. The van der Waals surface area contributed by atoms with E-state index in [1.165, 1.54) is 0 Å². The van der Waals surface area contributed by atoms with Gasteiger partial charge in [0.2, 0.25) is 5.91 Å². The molecule has 0 heterocycles. The first-order valence-electron chi connectivity index (χ1n) is 6.56. The molecule has 0 unspecified atom stereocenters. The highest BCUT2D eigenvalue weighted by Crippen LogP contribution is 2.27. The Morgan fingerprint density at radius 1 is 1.19 bits per heavy atom. The van der Waals surface area contributed by atoms with Crippen molar-refractivity contribution in [1.29, 1.82) is 0 Å². The van der Waals surface area contributed by atoms with E-state index in [1.54, 1.807) is 18.2 Å². The molecule has 5 nitrogen and oxygen atoms in total. The zero-order valence-electron chi connectivity index (χ0n) is 12.2. The number of ether oxygens (including phenoxy) is 1. The molecule has 0 aliphatic heterocycles. The van der Waals surface area contributed by atoms with Crippen molar-refractivity contribution in [2.45, 2.75) is 6.61 Å². The minimum absolute atomic E-state index is 0.322. The standard InChI is InChI=1S/C16H19N3O2/c1-19(2)13-6-7-14(17)15(9-13)21-10-11-4-3-5-12(8-11)16(18)20/h3-9H,10,17H2,1-2H3,(H2,18,20). The number of primary amides is 1. The van der Waals surface area contributed by atoms with Crippen molar-refractivity contribution in [3.8, 4) is 5.75 Å². The minimum Gasteiger partial charge on any atom is -0.487 e. The van der Waals surface area contributed by atoms with Crippen LogP contribution in [-0.4, -0.2) is 20.0 Å². The van der Waals surface area contributed by atoms with Crippen molar-refractivity contribution < 1.29 is 9.53 Å². The summed E-state index contributed by atoms with van der Waals surface area (Å²) in [4.78, 5) is 13.1. The SMILES string of the molecule is CN(C)c1ccc(N)c(OCc2cccc(C(N)=O)c2)c1. The number of anilines is 2. The van der Waals surface area contributed by atoms with E-state index in [1.807, 2.05) is 43.3 Å². The zero-order valence-corrected chi connectivity index (χ0v) is 12.2. The molecule has 0 saturated carbocycles. The van der Waals surface area contributed by atoms with Crippen LogP contribution in [-0.2, 0) is 6.61 Å². The molecule has 0 radical (unpaired) electrons. The molecule has 0 fully saturated rings. The number of rotatable bonds is 5. The molecule has 0 saturated heterocycles. The lowest BCUT2D eigenvalue weighted by atomic mass is 10.1. The molecule has 2 aromatic rings. The molecule has 2 aromatic carbocycles. The van der Waals surface area contributed by atoms with Crippen LogP contribution in [0.2, 0.25) is 0 Å². The zero-order chi connectivity index (χ0) is 15.4. The minimum atomic E-state index is -0.453. The predicted molar refractivity (Wildman–Crippen MR) is 84.5 cm³/mol. The smallest absolute Gasteiger partial charge is 0.248 e. The van der Waals surface area contributed by atoms with Gasteiger partial charge in [0.1, 0.15) is 12.4 Å². The average molecular weight is 285 g/mol. The molecule has 5 heteroatoms. The molecule has 0 atom stereocenters. The van der Waals surface area contributed by atoms with Crippen molar-refractivity contribution in [2.75, 3.05) is 24.7 Å². The summed E-state index contributed by atoms with van der Waals surface area (Å²) in [5.74, 6) is 0.164. The van der Waals surface area contributed by atoms with Crippen LogP contribution >= 0.6 is 0 Å². The fourth-order valence-corrected chi connectivity index (χ4v) is 1.90. The lowest BCUT2D eigenvalue weighted by Crippen LogP contribution is -2.11. The third-order valence-corrected chi connectivity index (χ3v) is 3.12. The van der Waals surface area contributed by atoms with Crippen molar-refractivity contribution in [1.82, 2.24) is 0 Å². The molecular weight excluding hydrogens is 266 g/mol. The Morgan fingerprint density at radius 2 is 1.95 bits per heavy atom. The summed E-state index contributed by atoms with van der Waals surface area (Å²) in [7, 11) is 3.90. The molecule has 0 spiro atoms. The number of benzene rings is 2. The van der Waals surface area contributed by atoms with Gasteiger partial charge in [0, 0.05) is 31.4 Å². The van der Waals surface area contributed by atoms with Crippen LogP contribution in [0.4, 0.5) is 11.4 Å². The Labute approximate surface area is 124 Å². The van der Waals surface area contributed by atoms with Gasteiger partial charge in [0.15, 0.2) is 0 Å². The highest BCUT2D eigenvalue weighted by atomic mass is 16.5. The Morgan fingerprint density at radius 3 is 2.62 bits per heavy atom. The average Bonchev–Trinajstić information content (AvgIpc) is 2.46. The number of carbonyl (C=O) groups excluding carboxylic acids is 1. The van der Waals surface area contributed by atoms with Gasteiger partial charge >= 0.3 is 0 Å². The van der Waals surface area contributed by atoms with Gasteiger partial charge < -0.3 is 21.1 Å². The van der Waals surface area contributed by atoms with Gasteiger partial charge in [-0.1, -0.05) is 12.1 Å². The van der Waals surface area contributed by atoms with Gasteiger partial charge in [0.05, 0.1) is 5.69 Å². The second-order valence-corrected chi connectivity index (χ2v) is 4.97. The number of amides is 1. The normalized spacial score (nSPS) is 10.2. The fraction of sp³-hybridized carbons (Fsp3) is 0.188. The number of carbonyl (C=O) groups is 1. The number of hydrogen-bond acceptors (Lipinski definition) is 4. The van der Waals surface area contributed by atoms with E-state index < -0.39 is 5.91 Å². The Hall–Kier alpha value is -2.69. The van der Waals surface area contributed by atoms with Gasteiger partial charge in [-0.05, 0) is 29.8 Å². The Balaban J connectivity index is 2.14. The molecule has 1 amide bonds. The van der Waals surface area contributed by atoms with E-state index in [4.69, 9.17) is 16.2 Å². The van der Waals surface area contributed by atoms with Crippen LogP contribution in [0, 0.1) is 0 Å². The van der Waals surface area contributed by atoms with E-state index in [0.29, 0.717) is 23.6 Å². The van der Waals surface area contributed by atoms with Crippen molar-refractivity contribution in [3.63, 3.8) is 0 Å². The molecule has 0 aliphatic carbocycles. The van der Waals surface area contributed by atoms with E-state index in [2.05, 4.69) is 0 Å². The summed E-state index contributed by atoms with van der Waals surface area (Å²) in [6, 6.07) is 12.7. The van der Waals surface area contributed by atoms with Gasteiger partial charge in [-0.25, -0.2) is 0 Å². The molecular formula is C16H19N3O2. The van der Waals surface area contributed by atoms with Crippen molar-refractivity contribution >= 4 is 17.3 Å². The molecule has 4 N–H and O–H groups in total. The largest absolute Gasteiger partial charge is 0.487 e. The van der Waals surface area contributed by atoms with Gasteiger partial charge in [0.25, 0.3) is 0 Å². The molecule has 0 aromatic heterocycles. The maximum absolute atomic E-state index is 11.2. The van der Waals surface area contributed by atoms with E-state index in [-0.39, 0.29) is 0 Å². The third-order valence-electron chi connectivity index (χ3n) is 3.12. The van der Waals surface area contributed by atoms with Gasteiger partial charge in [-0.15, -0.1) is 0 Å². The summed E-state index contributed by atoms with van der Waals surface area (Å²) < 4.78 is 5.74. The van der Waals surface area contributed by atoms with Crippen LogP contribution in [0.1, 0.15) is 15.9 Å². The molecule has 0 aliphatic rings. The lowest BCUT2D eigenvalue weighted by Gasteiger charge is -2.16. The van der Waals surface area contributed by atoms with Crippen LogP contribution in [0.3, 0.4) is 0 Å². The van der Waals surface area contributed by atoms with E-state index in [9.17, 15) is 4.79 Å². The number of nitrogens with two attached hydrogens (primary N) is 2. The quantitative estimate of drug-likeness (QED) is 0.823. The highest BCUT2D eigenvalue weighted by molar-refractivity contribution is 5.92. The van der Waals surface area contributed by atoms with Crippen LogP contribution in [0.25, 0.3) is 0 Å². The van der Waals surface area contributed by atoms with Crippen molar-refractivity contribution in [3.05, 3.63) is 53.6 Å². The first kappa shape index (κ1) is 14.7. The first-order valence-corrected chi connectivity index (χ1v) is 6.56. The highest BCUT2D eigenvalue weighted by Gasteiger charge is 2.06. The number of hydrogen-bond donors (Lipinski definition) is 2. The topological polar surface area (TPSA) is 81.6 Å². The summed E-state index contributed by atoms with van der Waals surface area (Å²) in [6.07, 6.45) is 0. The second-order valence-electron chi connectivity index (χ2n) is 4.97. The van der Waals surface area contributed by atoms with E-state index in [0.717, 1.165) is 11.3 Å². The monoisotopic (exact) mass is 285 g/mol. The predicted octanol–water partition coefficient (Wildman–Crippen LogP) is 2.01. The Kier molecular flexibility index (Phi) is 4.33. The molecule has 21 heavy (non-hydrogen) atoms. The molecule has 2 rings (SSSR count). The second kappa shape index (κ2) is 6.17. The number of nitrogens with zero attached hydrogens (tertiary/aromatic N) is 1. The van der Waals surface area contributed by atoms with E-state index >= 15 is 0 Å². The lowest BCUT2D eigenvalue weighted by molar-refractivity contribution is 0.1000. The number of nitrogen functional groups attached to an aromatic ring is 1. The van der Waals surface area contributed by atoms with Crippen molar-refractivity contribution in [2.24, 2.45) is 5.73 Å². The van der Waals surface area contributed by atoms with Crippen LogP contribution in [0.15, 0.2) is 42.5 Å². The summed E-state index contributed by atoms with van der Waals surface area (Å²) in [5, 5.41) is 0. The fourth-order valence-electron chi connectivity index (χ4n) is 1.90. The maximum Gasteiger partial charge on any atom is 0.248 e. The van der Waals surface area contributed by atoms with Crippen LogP contribution in [0.5, 0.6) is 5.75 Å². The van der Waals surface area contributed by atoms with Crippen LogP contribution < -0.4 is 21.1 Å². The Bertz CT molecular complexity index is 654. The first-order chi connectivity index (χ1) is 9.97. The summed E-state index contributed by atoms with van der Waals surface area (Å²) in [5.41, 5.74) is 14.1.